The fourth-order valence-electron chi connectivity index (χ4n) is 0.779. The molecular weight excluding hydrogens is 151 g/mol. The molecule has 0 fully saturated rings. The van der Waals surface area contributed by atoms with E-state index >= 15 is 0 Å². The van der Waals surface area contributed by atoms with Gasteiger partial charge in [0.05, 0.1) is 5.83 Å². The lowest BCUT2D eigenvalue weighted by Gasteiger charge is -1.89. The Bertz CT molecular complexity index is 220. The molecular formula is C11H15F. The Morgan fingerprint density at radius 2 is 1.67 bits per heavy atom. The molecule has 0 bridgehead atoms. The van der Waals surface area contributed by atoms with Crippen LogP contribution in [0, 0.1) is 0 Å². The van der Waals surface area contributed by atoms with Crippen molar-refractivity contribution in [3.05, 3.63) is 41.7 Å². The largest absolute Gasteiger partial charge is 0.212 e. The Hall–Kier alpha value is -1.11. The maximum absolute atomic E-state index is 12.2. The number of rotatable bonds is 1. The van der Waals surface area contributed by atoms with E-state index in [0.29, 0.717) is 0 Å². The highest BCUT2D eigenvalue weighted by Gasteiger charge is 1.84. The Kier molecular flexibility index (Phi) is 5.98. The van der Waals surface area contributed by atoms with Gasteiger partial charge in [-0.25, -0.2) is 4.39 Å². The van der Waals surface area contributed by atoms with Gasteiger partial charge in [0, 0.05) is 0 Å². The second kappa shape index (κ2) is 6.59. The van der Waals surface area contributed by atoms with Crippen LogP contribution in [0.4, 0.5) is 4.39 Å². The van der Waals surface area contributed by atoms with E-state index in [-0.39, 0.29) is 5.83 Å². The molecule has 0 atom stereocenters. The van der Waals surface area contributed by atoms with E-state index in [1.807, 2.05) is 44.2 Å². The molecule has 0 nitrogen and oxygen atoms in total. The van der Waals surface area contributed by atoms with Crippen molar-refractivity contribution < 1.29 is 4.39 Å². The number of benzene rings is 1. The van der Waals surface area contributed by atoms with E-state index in [9.17, 15) is 4.39 Å². The minimum Gasteiger partial charge on any atom is -0.212 e. The van der Waals surface area contributed by atoms with Crippen LogP contribution in [0.3, 0.4) is 0 Å². The monoisotopic (exact) mass is 166 g/mol. The zero-order chi connectivity index (χ0) is 9.40. The van der Waals surface area contributed by atoms with E-state index in [1.165, 1.54) is 13.0 Å². The normalized spacial score (nSPS) is 10.2. The molecule has 1 aromatic carbocycles. The SMILES string of the molecule is C/C(F)=C\c1ccccc1.CC. The first kappa shape index (κ1) is 10.9. The van der Waals surface area contributed by atoms with Gasteiger partial charge in [0.15, 0.2) is 0 Å². The maximum Gasteiger partial charge on any atom is 0.0974 e. The summed E-state index contributed by atoms with van der Waals surface area (Å²) in [5.74, 6) is -0.161. The summed E-state index contributed by atoms with van der Waals surface area (Å²) < 4.78 is 12.2. The second-order valence-corrected chi connectivity index (χ2v) is 2.14. The van der Waals surface area contributed by atoms with Crippen molar-refractivity contribution in [3.63, 3.8) is 0 Å². The highest BCUT2D eigenvalue weighted by Crippen LogP contribution is 2.05. The summed E-state index contributed by atoms with van der Waals surface area (Å²) in [4.78, 5) is 0. The quantitative estimate of drug-likeness (QED) is 0.590. The van der Waals surface area contributed by atoms with E-state index in [0.717, 1.165) is 5.56 Å². The summed E-state index contributed by atoms with van der Waals surface area (Å²) in [5.41, 5.74) is 0.905. The fraction of sp³-hybridized carbons (Fsp3) is 0.273. The van der Waals surface area contributed by atoms with Gasteiger partial charge in [-0.2, -0.15) is 0 Å². The highest BCUT2D eigenvalue weighted by atomic mass is 19.1. The van der Waals surface area contributed by atoms with Gasteiger partial charge in [0.2, 0.25) is 0 Å². The molecule has 1 aromatic rings. The van der Waals surface area contributed by atoms with Crippen LogP contribution in [-0.2, 0) is 0 Å². The average molecular weight is 166 g/mol. The third-order valence-electron chi connectivity index (χ3n) is 1.17. The molecule has 1 heteroatoms. The van der Waals surface area contributed by atoms with Crippen molar-refractivity contribution in [2.45, 2.75) is 20.8 Å². The molecule has 0 radical (unpaired) electrons. The number of hydrogen-bond acceptors (Lipinski definition) is 0. The van der Waals surface area contributed by atoms with Crippen molar-refractivity contribution in [1.29, 1.82) is 0 Å². The van der Waals surface area contributed by atoms with Crippen LogP contribution in [-0.4, -0.2) is 0 Å². The Morgan fingerprint density at radius 3 is 2.08 bits per heavy atom. The average Bonchev–Trinajstić information content (AvgIpc) is 2.08. The Balaban J connectivity index is 0.000000561. The lowest BCUT2D eigenvalue weighted by Crippen LogP contribution is -1.68. The molecule has 0 unspecified atom stereocenters. The van der Waals surface area contributed by atoms with Gasteiger partial charge >= 0.3 is 0 Å². The first-order valence-electron chi connectivity index (χ1n) is 4.18. The first-order valence-corrected chi connectivity index (χ1v) is 4.18. The standard InChI is InChI=1S/C9H9F.C2H6/c1-8(10)7-9-5-3-2-4-6-9;1-2/h2-7H,1H3;1-2H3/b8-7+;. The summed E-state index contributed by atoms with van der Waals surface area (Å²) in [6, 6.07) is 9.40. The minimum atomic E-state index is -0.161. The molecule has 0 N–H and O–H groups in total. The number of halogens is 1. The van der Waals surface area contributed by atoms with E-state index in [2.05, 4.69) is 0 Å². The highest BCUT2D eigenvalue weighted by molar-refractivity contribution is 5.50. The predicted octanol–water partition coefficient (Wildman–Crippen LogP) is 4.04. The van der Waals surface area contributed by atoms with Gasteiger partial charge < -0.3 is 0 Å². The zero-order valence-corrected chi connectivity index (χ0v) is 7.84. The summed E-state index contributed by atoms with van der Waals surface area (Å²) in [7, 11) is 0. The van der Waals surface area contributed by atoms with Gasteiger partial charge in [-0.15, -0.1) is 0 Å². The van der Waals surface area contributed by atoms with Gasteiger partial charge in [0.25, 0.3) is 0 Å². The second-order valence-electron chi connectivity index (χ2n) is 2.14. The molecule has 0 heterocycles. The van der Waals surface area contributed by atoms with Gasteiger partial charge in [-0.1, -0.05) is 44.2 Å². The molecule has 0 aromatic heterocycles. The van der Waals surface area contributed by atoms with E-state index in [4.69, 9.17) is 0 Å². The third kappa shape index (κ3) is 4.67. The van der Waals surface area contributed by atoms with Gasteiger partial charge in [-0.3, -0.25) is 0 Å². The van der Waals surface area contributed by atoms with E-state index in [1.54, 1.807) is 0 Å². The fourth-order valence-corrected chi connectivity index (χ4v) is 0.779. The topological polar surface area (TPSA) is 0 Å². The smallest absolute Gasteiger partial charge is 0.0974 e. The summed E-state index contributed by atoms with van der Waals surface area (Å²) in [6.45, 7) is 5.44. The van der Waals surface area contributed by atoms with Crippen LogP contribution in [0.5, 0.6) is 0 Å². The molecule has 0 aliphatic carbocycles. The van der Waals surface area contributed by atoms with Crippen LogP contribution < -0.4 is 0 Å². The Morgan fingerprint density at radius 1 is 1.17 bits per heavy atom. The van der Waals surface area contributed by atoms with Gasteiger partial charge in [-0.05, 0) is 18.6 Å². The van der Waals surface area contributed by atoms with Crippen molar-refractivity contribution in [1.82, 2.24) is 0 Å². The van der Waals surface area contributed by atoms with Crippen molar-refractivity contribution in [2.75, 3.05) is 0 Å². The summed E-state index contributed by atoms with van der Waals surface area (Å²) >= 11 is 0. The lowest BCUT2D eigenvalue weighted by atomic mass is 10.2. The van der Waals surface area contributed by atoms with Crippen molar-refractivity contribution >= 4 is 6.08 Å². The molecule has 0 saturated carbocycles. The lowest BCUT2D eigenvalue weighted by molar-refractivity contribution is 0.648. The van der Waals surface area contributed by atoms with Crippen LogP contribution in [0.1, 0.15) is 26.3 Å². The first-order chi connectivity index (χ1) is 5.79. The molecule has 1 rings (SSSR count). The molecule has 0 amide bonds. The number of allylic oxidation sites excluding steroid dienone is 1. The van der Waals surface area contributed by atoms with Crippen LogP contribution in [0.2, 0.25) is 0 Å². The zero-order valence-electron chi connectivity index (χ0n) is 7.84. The molecule has 66 valence electrons. The van der Waals surface area contributed by atoms with Gasteiger partial charge in [0.1, 0.15) is 0 Å². The molecule has 0 spiro atoms. The molecule has 0 aliphatic heterocycles. The predicted molar refractivity (Wildman–Crippen MR) is 52.5 cm³/mol. The van der Waals surface area contributed by atoms with Crippen LogP contribution >= 0.6 is 0 Å². The Labute approximate surface area is 73.7 Å². The van der Waals surface area contributed by atoms with Crippen LogP contribution in [0.15, 0.2) is 36.2 Å². The third-order valence-corrected chi connectivity index (χ3v) is 1.17. The minimum absolute atomic E-state index is 0.161. The summed E-state index contributed by atoms with van der Waals surface area (Å²) in [5, 5.41) is 0. The molecule has 0 saturated heterocycles. The van der Waals surface area contributed by atoms with Crippen molar-refractivity contribution in [2.24, 2.45) is 0 Å². The van der Waals surface area contributed by atoms with Crippen molar-refractivity contribution in [3.8, 4) is 0 Å². The number of hydrogen-bond donors (Lipinski definition) is 0. The van der Waals surface area contributed by atoms with Crippen LogP contribution in [0.25, 0.3) is 6.08 Å². The maximum atomic E-state index is 12.2. The van der Waals surface area contributed by atoms with E-state index < -0.39 is 0 Å². The summed E-state index contributed by atoms with van der Waals surface area (Å²) in [6.07, 6.45) is 1.50. The molecule has 12 heavy (non-hydrogen) atoms. The molecule has 0 aliphatic rings.